The highest BCUT2D eigenvalue weighted by Gasteiger charge is 2.34. The number of urea groups is 1. The topological polar surface area (TPSA) is 98.7 Å². The first-order valence-corrected chi connectivity index (χ1v) is 10.3. The van der Waals surface area contributed by atoms with Crippen molar-refractivity contribution in [2.45, 2.75) is 38.6 Å². The van der Waals surface area contributed by atoms with Gasteiger partial charge >= 0.3 is 12.0 Å². The molecule has 3 N–H and O–H groups in total. The van der Waals surface area contributed by atoms with Gasteiger partial charge in [-0.2, -0.15) is 0 Å². The van der Waals surface area contributed by atoms with Crippen molar-refractivity contribution in [1.82, 2.24) is 10.2 Å². The van der Waals surface area contributed by atoms with Crippen molar-refractivity contribution in [3.8, 4) is 11.1 Å². The first-order valence-electron chi connectivity index (χ1n) is 10.3. The fourth-order valence-corrected chi connectivity index (χ4v) is 3.54. The third-order valence-electron chi connectivity index (χ3n) is 5.22. The number of anilines is 1. The van der Waals surface area contributed by atoms with Crippen LogP contribution >= 0.6 is 0 Å². The van der Waals surface area contributed by atoms with E-state index in [2.05, 4.69) is 17.6 Å². The summed E-state index contributed by atoms with van der Waals surface area (Å²) in [4.78, 5) is 37.2. The fraction of sp³-hybridized carbons (Fsp3) is 0.348. The van der Waals surface area contributed by atoms with Crippen LogP contribution < -0.4 is 10.6 Å². The molecule has 1 aliphatic rings. The van der Waals surface area contributed by atoms with E-state index in [4.69, 9.17) is 0 Å². The summed E-state index contributed by atoms with van der Waals surface area (Å²) in [5, 5.41) is 14.9. The number of carboxylic acids is 1. The SMILES string of the molecule is CCCCNC(=O)Nc1ccc(-c2ccc(C(=O)N3CCC[C@H]3C(=O)O)cc2)cc1. The average molecular weight is 409 g/mol. The number of amides is 3. The Kier molecular flexibility index (Phi) is 7.06. The molecule has 0 spiro atoms. The quantitative estimate of drug-likeness (QED) is 0.603. The van der Waals surface area contributed by atoms with Gasteiger partial charge < -0.3 is 20.6 Å². The molecule has 30 heavy (non-hydrogen) atoms. The molecule has 0 saturated carbocycles. The number of likely N-dealkylation sites (tertiary alicyclic amines) is 1. The van der Waals surface area contributed by atoms with E-state index in [9.17, 15) is 19.5 Å². The van der Waals surface area contributed by atoms with E-state index in [0.29, 0.717) is 37.2 Å². The number of carboxylic acid groups (broad SMARTS) is 1. The maximum atomic E-state index is 12.7. The highest BCUT2D eigenvalue weighted by Crippen LogP contribution is 2.24. The number of unbranched alkanes of at least 4 members (excludes halogenated alkanes) is 1. The molecule has 3 amide bonds. The number of nitrogens with zero attached hydrogens (tertiary/aromatic N) is 1. The second-order valence-corrected chi connectivity index (χ2v) is 7.38. The molecule has 2 aromatic carbocycles. The lowest BCUT2D eigenvalue weighted by Gasteiger charge is -2.21. The third-order valence-corrected chi connectivity index (χ3v) is 5.22. The minimum atomic E-state index is -0.954. The number of aliphatic carboxylic acids is 1. The van der Waals surface area contributed by atoms with E-state index in [1.54, 1.807) is 12.1 Å². The summed E-state index contributed by atoms with van der Waals surface area (Å²) >= 11 is 0. The fourth-order valence-electron chi connectivity index (χ4n) is 3.54. The number of carbonyl (C=O) groups excluding carboxylic acids is 2. The van der Waals surface area contributed by atoms with E-state index in [0.717, 1.165) is 24.0 Å². The van der Waals surface area contributed by atoms with Gasteiger partial charge in [0, 0.05) is 24.3 Å². The second kappa shape index (κ2) is 9.91. The zero-order valence-electron chi connectivity index (χ0n) is 17.1. The smallest absolute Gasteiger partial charge is 0.326 e. The lowest BCUT2D eigenvalue weighted by molar-refractivity contribution is -0.141. The molecule has 0 aromatic heterocycles. The summed E-state index contributed by atoms with van der Waals surface area (Å²) in [6.07, 6.45) is 3.17. The Hall–Kier alpha value is -3.35. The van der Waals surface area contributed by atoms with E-state index >= 15 is 0 Å². The Labute approximate surface area is 176 Å². The van der Waals surface area contributed by atoms with E-state index < -0.39 is 12.0 Å². The van der Waals surface area contributed by atoms with Gasteiger partial charge in [0.25, 0.3) is 5.91 Å². The zero-order chi connectivity index (χ0) is 21.5. The van der Waals surface area contributed by atoms with Gasteiger partial charge in [-0.25, -0.2) is 9.59 Å². The van der Waals surface area contributed by atoms with Crippen LogP contribution in [0.2, 0.25) is 0 Å². The van der Waals surface area contributed by atoms with Gasteiger partial charge in [0.15, 0.2) is 0 Å². The number of hydrogen-bond acceptors (Lipinski definition) is 3. The number of rotatable bonds is 7. The molecule has 0 aliphatic carbocycles. The monoisotopic (exact) mass is 409 g/mol. The Balaban J connectivity index is 1.62. The first-order chi connectivity index (χ1) is 14.5. The molecule has 158 valence electrons. The van der Waals surface area contributed by atoms with Crippen molar-refractivity contribution < 1.29 is 19.5 Å². The van der Waals surface area contributed by atoms with Gasteiger partial charge in [0.2, 0.25) is 0 Å². The lowest BCUT2D eigenvalue weighted by Crippen LogP contribution is -2.40. The summed E-state index contributed by atoms with van der Waals surface area (Å²) in [5.41, 5.74) is 3.07. The second-order valence-electron chi connectivity index (χ2n) is 7.38. The van der Waals surface area contributed by atoms with E-state index in [1.807, 2.05) is 36.4 Å². The molecule has 3 rings (SSSR count). The molecule has 0 bridgehead atoms. The molecule has 1 atom stereocenters. The van der Waals surface area contributed by atoms with Crippen molar-refractivity contribution in [1.29, 1.82) is 0 Å². The maximum absolute atomic E-state index is 12.7. The van der Waals surface area contributed by atoms with Gasteiger partial charge in [-0.1, -0.05) is 37.6 Å². The van der Waals surface area contributed by atoms with Crippen LogP contribution in [0.25, 0.3) is 11.1 Å². The van der Waals surface area contributed by atoms with Crippen molar-refractivity contribution >= 4 is 23.6 Å². The van der Waals surface area contributed by atoms with Crippen LogP contribution in [-0.4, -0.2) is 47.0 Å². The molecular formula is C23H27N3O4. The maximum Gasteiger partial charge on any atom is 0.326 e. The molecule has 2 aromatic rings. The predicted octanol–water partition coefficient (Wildman–Crippen LogP) is 3.96. The van der Waals surface area contributed by atoms with Crippen molar-refractivity contribution in [2.24, 2.45) is 0 Å². The third kappa shape index (κ3) is 5.17. The molecule has 1 aliphatic heterocycles. The summed E-state index contributed by atoms with van der Waals surface area (Å²) in [6.45, 7) is 3.19. The lowest BCUT2D eigenvalue weighted by atomic mass is 10.0. The predicted molar refractivity (Wildman–Crippen MR) is 116 cm³/mol. The zero-order valence-corrected chi connectivity index (χ0v) is 17.1. The van der Waals surface area contributed by atoms with Crippen molar-refractivity contribution in [2.75, 3.05) is 18.4 Å². The van der Waals surface area contributed by atoms with Gasteiger partial charge in [-0.05, 0) is 54.7 Å². The van der Waals surface area contributed by atoms with Crippen LogP contribution in [-0.2, 0) is 4.79 Å². The summed E-state index contributed by atoms with van der Waals surface area (Å²) in [6, 6.07) is 13.6. The van der Waals surface area contributed by atoms with Gasteiger partial charge in [-0.3, -0.25) is 4.79 Å². The minimum absolute atomic E-state index is 0.222. The standard InChI is InChI=1S/C23H27N3O4/c1-2-3-14-24-23(30)25-19-12-10-17(11-13-19)16-6-8-18(9-7-16)21(27)26-15-4-5-20(26)22(28)29/h6-13,20H,2-5,14-15H2,1H3,(H,28,29)(H2,24,25,30)/t20-/m0/s1. The molecule has 1 heterocycles. The van der Waals surface area contributed by atoms with Crippen LogP contribution in [0.4, 0.5) is 10.5 Å². The van der Waals surface area contributed by atoms with Crippen molar-refractivity contribution in [3.05, 3.63) is 54.1 Å². The number of carbonyl (C=O) groups is 3. The molecule has 1 fully saturated rings. The highest BCUT2D eigenvalue weighted by atomic mass is 16.4. The summed E-state index contributed by atoms with van der Waals surface area (Å²) < 4.78 is 0. The Morgan fingerprint density at radius 3 is 2.27 bits per heavy atom. The number of benzene rings is 2. The minimum Gasteiger partial charge on any atom is -0.480 e. The molecule has 0 radical (unpaired) electrons. The van der Waals surface area contributed by atoms with Crippen LogP contribution in [0.3, 0.4) is 0 Å². The first kappa shape index (κ1) is 21.4. The Morgan fingerprint density at radius 1 is 1.03 bits per heavy atom. The van der Waals surface area contributed by atoms with E-state index in [-0.39, 0.29) is 11.9 Å². The molecular weight excluding hydrogens is 382 g/mol. The average Bonchev–Trinajstić information content (AvgIpc) is 3.24. The van der Waals surface area contributed by atoms with Crippen LogP contribution in [0.1, 0.15) is 43.0 Å². The normalized spacial score (nSPS) is 15.6. The largest absolute Gasteiger partial charge is 0.480 e. The van der Waals surface area contributed by atoms with E-state index in [1.165, 1.54) is 4.90 Å². The van der Waals surface area contributed by atoms with Gasteiger partial charge in [0.05, 0.1) is 0 Å². The van der Waals surface area contributed by atoms with Gasteiger partial charge in [0.1, 0.15) is 6.04 Å². The summed E-state index contributed by atoms with van der Waals surface area (Å²) in [7, 11) is 0. The van der Waals surface area contributed by atoms with Gasteiger partial charge in [-0.15, -0.1) is 0 Å². The van der Waals surface area contributed by atoms with Crippen LogP contribution in [0.5, 0.6) is 0 Å². The van der Waals surface area contributed by atoms with Crippen LogP contribution in [0.15, 0.2) is 48.5 Å². The Morgan fingerprint density at radius 2 is 1.67 bits per heavy atom. The highest BCUT2D eigenvalue weighted by molar-refractivity contribution is 5.97. The van der Waals surface area contributed by atoms with Crippen molar-refractivity contribution in [3.63, 3.8) is 0 Å². The van der Waals surface area contributed by atoms with Crippen LogP contribution in [0, 0.1) is 0 Å². The number of hydrogen-bond donors (Lipinski definition) is 3. The molecule has 7 heteroatoms. The number of nitrogens with one attached hydrogen (secondary N) is 2. The molecule has 7 nitrogen and oxygen atoms in total. The molecule has 0 unspecified atom stereocenters. The Bertz CT molecular complexity index is 894. The summed E-state index contributed by atoms with van der Waals surface area (Å²) in [5.74, 6) is -1.20. The molecule has 1 saturated heterocycles.